The zero-order chi connectivity index (χ0) is 23.3. The van der Waals surface area contributed by atoms with Crippen molar-refractivity contribution in [1.82, 2.24) is 5.32 Å². The van der Waals surface area contributed by atoms with Crippen molar-refractivity contribution in [3.63, 3.8) is 0 Å². The monoisotopic (exact) mass is 439 g/mol. The SMILES string of the molecule is CC(=O)NC(CC(=O)OCC(=O)N1CCCc2cc([N+](=O)[O-])ccc21)c1ccc(C)cc1. The molecule has 1 atom stereocenters. The molecule has 9 nitrogen and oxygen atoms in total. The number of esters is 1. The minimum Gasteiger partial charge on any atom is -0.455 e. The number of ether oxygens (including phenoxy) is 1. The molecule has 2 aromatic carbocycles. The van der Waals surface area contributed by atoms with Crippen molar-refractivity contribution in [2.45, 2.75) is 39.2 Å². The maximum absolute atomic E-state index is 12.7. The summed E-state index contributed by atoms with van der Waals surface area (Å²) in [7, 11) is 0. The van der Waals surface area contributed by atoms with Crippen LogP contribution in [0.1, 0.15) is 42.5 Å². The van der Waals surface area contributed by atoms with Crippen LogP contribution in [0.25, 0.3) is 0 Å². The molecule has 1 N–H and O–H groups in total. The molecule has 2 aromatic rings. The number of amides is 2. The Bertz CT molecular complexity index is 1030. The van der Waals surface area contributed by atoms with E-state index in [4.69, 9.17) is 4.74 Å². The van der Waals surface area contributed by atoms with Gasteiger partial charge in [0.05, 0.1) is 17.4 Å². The quantitative estimate of drug-likeness (QED) is 0.402. The summed E-state index contributed by atoms with van der Waals surface area (Å²) in [4.78, 5) is 48.7. The first-order chi connectivity index (χ1) is 15.2. The topological polar surface area (TPSA) is 119 Å². The number of aryl methyl sites for hydroxylation is 2. The lowest BCUT2D eigenvalue weighted by molar-refractivity contribution is -0.384. The van der Waals surface area contributed by atoms with Crippen LogP contribution in [0.3, 0.4) is 0 Å². The molecule has 9 heteroatoms. The highest BCUT2D eigenvalue weighted by Gasteiger charge is 2.26. The fourth-order valence-corrected chi connectivity index (χ4v) is 3.70. The van der Waals surface area contributed by atoms with E-state index in [1.54, 1.807) is 6.07 Å². The molecule has 0 spiro atoms. The Morgan fingerprint density at radius 1 is 1.19 bits per heavy atom. The highest BCUT2D eigenvalue weighted by molar-refractivity contribution is 5.96. The zero-order valence-electron chi connectivity index (χ0n) is 18.0. The number of nitro groups is 1. The van der Waals surface area contributed by atoms with E-state index in [1.807, 2.05) is 31.2 Å². The van der Waals surface area contributed by atoms with E-state index in [9.17, 15) is 24.5 Å². The number of anilines is 1. The fraction of sp³-hybridized carbons (Fsp3) is 0.348. The maximum Gasteiger partial charge on any atom is 0.308 e. The molecule has 0 bridgehead atoms. The lowest BCUT2D eigenvalue weighted by Gasteiger charge is -2.29. The molecule has 0 fully saturated rings. The van der Waals surface area contributed by atoms with Gasteiger partial charge in [-0.3, -0.25) is 24.5 Å². The Morgan fingerprint density at radius 3 is 2.56 bits per heavy atom. The standard InChI is InChI=1S/C23H25N3O6/c1-15-5-7-17(8-6-15)20(24-16(2)27)13-23(29)32-14-22(28)25-11-3-4-18-12-19(26(30)31)9-10-21(18)25/h5-10,12,20H,3-4,11,13-14H2,1-2H3,(H,24,27). The van der Waals surface area contributed by atoms with E-state index < -0.39 is 29.4 Å². The molecule has 0 radical (unpaired) electrons. The Hall–Kier alpha value is -3.75. The average molecular weight is 439 g/mol. The van der Waals surface area contributed by atoms with E-state index in [0.717, 1.165) is 16.7 Å². The molecule has 32 heavy (non-hydrogen) atoms. The molecule has 0 saturated carbocycles. The van der Waals surface area contributed by atoms with Crippen LogP contribution in [0.15, 0.2) is 42.5 Å². The largest absolute Gasteiger partial charge is 0.455 e. The van der Waals surface area contributed by atoms with Gasteiger partial charge in [0.15, 0.2) is 6.61 Å². The Kier molecular flexibility index (Phi) is 7.19. The summed E-state index contributed by atoms with van der Waals surface area (Å²) >= 11 is 0. The number of fused-ring (bicyclic) bond motifs is 1. The molecule has 1 aliphatic heterocycles. The number of hydrogen-bond acceptors (Lipinski definition) is 6. The van der Waals surface area contributed by atoms with Gasteiger partial charge < -0.3 is 15.0 Å². The smallest absolute Gasteiger partial charge is 0.308 e. The van der Waals surface area contributed by atoms with Crippen molar-refractivity contribution in [1.29, 1.82) is 0 Å². The van der Waals surface area contributed by atoms with Crippen LogP contribution >= 0.6 is 0 Å². The number of non-ortho nitro benzene ring substituents is 1. The number of nitrogens with one attached hydrogen (secondary N) is 1. The van der Waals surface area contributed by atoms with Crippen molar-refractivity contribution in [3.8, 4) is 0 Å². The van der Waals surface area contributed by atoms with Crippen molar-refractivity contribution in [3.05, 3.63) is 69.3 Å². The van der Waals surface area contributed by atoms with Crippen LogP contribution in [-0.4, -0.2) is 35.9 Å². The van der Waals surface area contributed by atoms with Crippen molar-refractivity contribution in [2.75, 3.05) is 18.1 Å². The molecule has 168 valence electrons. The molecule has 0 aromatic heterocycles. The van der Waals surface area contributed by atoms with Crippen molar-refractivity contribution in [2.24, 2.45) is 0 Å². The third-order valence-corrected chi connectivity index (χ3v) is 5.28. The number of carbonyl (C=O) groups is 3. The number of rotatable bonds is 7. The summed E-state index contributed by atoms with van der Waals surface area (Å²) in [6.07, 6.45) is 1.18. The highest BCUT2D eigenvalue weighted by Crippen LogP contribution is 2.30. The first-order valence-electron chi connectivity index (χ1n) is 10.3. The number of nitrogens with zero attached hydrogens (tertiary/aromatic N) is 2. The van der Waals surface area contributed by atoms with Crippen LogP contribution in [0, 0.1) is 17.0 Å². The normalized spacial score (nSPS) is 13.6. The molecule has 2 amide bonds. The molecule has 1 heterocycles. The summed E-state index contributed by atoms with van der Waals surface area (Å²) < 4.78 is 5.20. The average Bonchev–Trinajstić information content (AvgIpc) is 2.76. The third kappa shape index (κ3) is 5.69. The molecule has 0 aliphatic carbocycles. The minimum atomic E-state index is -0.612. The van der Waals surface area contributed by atoms with Crippen LogP contribution in [0.4, 0.5) is 11.4 Å². The van der Waals surface area contributed by atoms with Gasteiger partial charge in [-0.25, -0.2) is 0 Å². The molecule has 1 unspecified atom stereocenters. The second kappa shape index (κ2) is 10.0. The van der Waals surface area contributed by atoms with E-state index >= 15 is 0 Å². The van der Waals surface area contributed by atoms with Gasteiger partial charge in [0.25, 0.3) is 11.6 Å². The van der Waals surface area contributed by atoms with Gasteiger partial charge in [0.1, 0.15) is 0 Å². The second-order valence-corrected chi connectivity index (χ2v) is 7.75. The maximum atomic E-state index is 12.7. The van der Waals surface area contributed by atoms with Gasteiger partial charge in [-0.2, -0.15) is 0 Å². The zero-order valence-corrected chi connectivity index (χ0v) is 18.0. The molecule has 0 saturated heterocycles. The lowest BCUT2D eigenvalue weighted by atomic mass is 10.0. The van der Waals surface area contributed by atoms with Crippen LogP contribution in [0.5, 0.6) is 0 Å². The van der Waals surface area contributed by atoms with Gasteiger partial charge in [-0.1, -0.05) is 29.8 Å². The third-order valence-electron chi connectivity index (χ3n) is 5.28. The Morgan fingerprint density at radius 2 is 1.91 bits per heavy atom. The Balaban J connectivity index is 1.63. The number of carbonyl (C=O) groups excluding carboxylic acids is 3. The van der Waals surface area contributed by atoms with Crippen LogP contribution in [-0.2, 0) is 25.5 Å². The highest BCUT2D eigenvalue weighted by atomic mass is 16.6. The van der Waals surface area contributed by atoms with Gasteiger partial charge in [0.2, 0.25) is 5.91 Å². The van der Waals surface area contributed by atoms with E-state index in [-0.39, 0.29) is 18.0 Å². The predicted molar refractivity (Wildman–Crippen MR) is 117 cm³/mol. The summed E-state index contributed by atoms with van der Waals surface area (Å²) in [6, 6.07) is 11.3. The first kappa shape index (κ1) is 22.9. The lowest BCUT2D eigenvalue weighted by Crippen LogP contribution is -2.38. The second-order valence-electron chi connectivity index (χ2n) is 7.75. The predicted octanol–water partition coefficient (Wildman–Crippen LogP) is 2.99. The van der Waals surface area contributed by atoms with E-state index in [1.165, 1.54) is 24.0 Å². The summed E-state index contributed by atoms with van der Waals surface area (Å²) in [6.45, 7) is 3.30. The minimum absolute atomic E-state index is 0.0235. The van der Waals surface area contributed by atoms with E-state index in [2.05, 4.69) is 5.32 Å². The molecule has 3 rings (SSSR count). The summed E-state index contributed by atoms with van der Waals surface area (Å²) in [5, 5.41) is 13.7. The number of benzene rings is 2. The summed E-state index contributed by atoms with van der Waals surface area (Å²) in [5.41, 5.74) is 3.11. The number of hydrogen-bond donors (Lipinski definition) is 1. The van der Waals surface area contributed by atoms with Gasteiger partial charge in [-0.15, -0.1) is 0 Å². The van der Waals surface area contributed by atoms with Gasteiger partial charge in [-0.05, 0) is 37.0 Å². The molecular weight excluding hydrogens is 414 g/mol. The first-order valence-corrected chi connectivity index (χ1v) is 10.3. The van der Waals surface area contributed by atoms with Gasteiger partial charge >= 0.3 is 5.97 Å². The fourth-order valence-electron chi connectivity index (χ4n) is 3.70. The van der Waals surface area contributed by atoms with Gasteiger partial charge in [0, 0.05) is 31.3 Å². The van der Waals surface area contributed by atoms with Crippen LogP contribution < -0.4 is 10.2 Å². The van der Waals surface area contributed by atoms with Crippen molar-refractivity contribution >= 4 is 29.2 Å². The Labute approximate surface area is 185 Å². The molecule has 1 aliphatic rings. The van der Waals surface area contributed by atoms with E-state index in [0.29, 0.717) is 25.1 Å². The summed E-state index contributed by atoms with van der Waals surface area (Å²) in [5.74, 6) is -1.29. The van der Waals surface area contributed by atoms with Crippen molar-refractivity contribution < 1.29 is 24.0 Å². The number of nitro benzene ring substituents is 1. The van der Waals surface area contributed by atoms with Crippen LogP contribution in [0.2, 0.25) is 0 Å². The molecular formula is C23H25N3O6.